The van der Waals surface area contributed by atoms with Crippen molar-refractivity contribution in [3.8, 4) is 0 Å². The summed E-state index contributed by atoms with van der Waals surface area (Å²) in [5.41, 5.74) is 3.63. The van der Waals surface area contributed by atoms with Gasteiger partial charge in [0.05, 0.1) is 6.54 Å². The number of aryl methyl sites for hydroxylation is 1. The summed E-state index contributed by atoms with van der Waals surface area (Å²) in [6, 6.07) is 10.4. The summed E-state index contributed by atoms with van der Waals surface area (Å²) in [4.78, 5) is 15.7. The fourth-order valence-electron chi connectivity index (χ4n) is 2.61. The maximum atomic E-state index is 12.3. The number of anilines is 1. The third kappa shape index (κ3) is 3.27. The van der Waals surface area contributed by atoms with Gasteiger partial charge < -0.3 is 10.2 Å². The first-order chi connectivity index (χ1) is 10.3. The molecule has 0 fully saturated rings. The van der Waals surface area contributed by atoms with E-state index >= 15 is 0 Å². The Balaban J connectivity index is 1.54. The number of carbonyl (C=O) groups is 1. The first kappa shape index (κ1) is 14.1. The lowest BCUT2D eigenvalue weighted by Gasteiger charge is -2.27. The number of fused-ring (bicyclic) bond motifs is 1. The predicted molar refractivity (Wildman–Crippen MR) is 87.7 cm³/mol. The number of hydrogen-bond donors (Lipinski definition) is 1. The molecule has 110 valence electrons. The van der Waals surface area contributed by atoms with Crippen molar-refractivity contribution in [3.63, 3.8) is 0 Å². The van der Waals surface area contributed by atoms with E-state index < -0.39 is 0 Å². The summed E-state index contributed by atoms with van der Waals surface area (Å²) < 4.78 is 0. The molecule has 0 unspecified atom stereocenters. The topological polar surface area (TPSA) is 32.3 Å². The highest BCUT2D eigenvalue weighted by Gasteiger charge is 2.20. The molecule has 1 aliphatic rings. The van der Waals surface area contributed by atoms with E-state index in [1.165, 1.54) is 16.0 Å². The minimum Gasteiger partial charge on any atom is -0.376 e. The van der Waals surface area contributed by atoms with Crippen molar-refractivity contribution in [2.75, 3.05) is 18.4 Å². The highest BCUT2D eigenvalue weighted by molar-refractivity contribution is 7.10. The Morgan fingerprint density at radius 2 is 2.10 bits per heavy atom. The number of nitrogens with one attached hydrogen (secondary N) is 1. The van der Waals surface area contributed by atoms with E-state index in [1.54, 1.807) is 11.3 Å². The second-order valence-corrected chi connectivity index (χ2v) is 6.34. The number of thiophene rings is 1. The zero-order valence-corrected chi connectivity index (χ0v) is 13.1. The second kappa shape index (κ2) is 6.31. The summed E-state index contributed by atoms with van der Waals surface area (Å²) in [7, 11) is 0. The number of amides is 1. The molecule has 0 saturated heterocycles. The zero-order chi connectivity index (χ0) is 14.7. The number of carbonyl (C=O) groups excluding carboxylic acids is 1. The highest BCUT2D eigenvalue weighted by atomic mass is 32.1. The first-order valence-electron chi connectivity index (χ1n) is 7.42. The van der Waals surface area contributed by atoms with Gasteiger partial charge >= 0.3 is 0 Å². The molecular weight excluding hydrogens is 280 g/mol. The monoisotopic (exact) mass is 300 g/mol. The molecule has 0 saturated carbocycles. The van der Waals surface area contributed by atoms with Gasteiger partial charge in [0.2, 0.25) is 5.91 Å². The summed E-state index contributed by atoms with van der Waals surface area (Å²) in [6.07, 6.45) is 2.03. The van der Waals surface area contributed by atoms with Crippen molar-refractivity contribution in [3.05, 3.63) is 51.7 Å². The average molecular weight is 300 g/mol. The highest BCUT2D eigenvalue weighted by Crippen LogP contribution is 2.24. The predicted octanol–water partition coefficient (Wildman–Crippen LogP) is 3.31. The summed E-state index contributed by atoms with van der Waals surface area (Å²) in [5.74, 6) is 0.173. The average Bonchev–Trinajstić information content (AvgIpc) is 3.00. The van der Waals surface area contributed by atoms with Gasteiger partial charge in [0.15, 0.2) is 0 Å². The lowest BCUT2D eigenvalue weighted by atomic mass is 10.1. The van der Waals surface area contributed by atoms with Crippen LogP contribution in [0.15, 0.2) is 35.7 Å². The van der Waals surface area contributed by atoms with Crippen LogP contribution in [0.5, 0.6) is 0 Å². The number of nitrogens with zero attached hydrogens (tertiary/aromatic N) is 1. The Morgan fingerprint density at radius 1 is 1.29 bits per heavy atom. The van der Waals surface area contributed by atoms with Crippen LogP contribution in [-0.4, -0.2) is 23.9 Å². The lowest BCUT2D eigenvalue weighted by Crippen LogP contribution is -2.38. The fourth-order valence-corrected chi connectivity index (χ4v) is 3.50. The van der Waals surface area contributed by atoms with E-state index in [0.717, 1.165) is 31.6 Å². The Morgan fingerprint density at radius 3 is 2.86 bits per heavy atom. The minimum atomic E-state index is 0.173. The molecule has 1 aromatic heterocycles. The van der Waals surface area contributed by atoms with Crippen LogP contribution in [0.25, 0.3) is 0 Å². The van der Waals surface area contributed by atoms with Crippen LogP contribution < -0.4 is 5.32 Å². The van der Waals surface area contributed by atoms with Crippen molar-refractivity contribution < 1.29 is 4.79 Å². The van der Waals surface area contributed by atoms with Gasteiger partial charge in [0, 0.05) is 23.7 Å². The molecule has 2 aromatic rings. The van der Waals surface area contributed by atoms with Crippen LogP contribution >= 0.6 is 11.3 Å². The van der Waals surface area contributed by atoms with E-state index in [1.807, 2.05) is 17.0 Å². The van der Waals surface area contributed by atoms with Crippen LogP contribution in [0, 0.1) is 0 Å². The van der Waals surface area contributed by atoms with Crippen LogP contribution in [0.4, 0.5) is 5.69 Å². The third-order valence-corrected chi connectivity index (χ3v) is 4.99. The summed E-state index contributed by atoms with van der Waals surface area (Å²) in [6.45, 7) is 4.10. The Bertz CT molecular complexity index is 618. The smallest absolute Gasteiger partial charge is 0.242 e. The lowest BCUT2D eigenvalue weighted by molar-refractivity contribution is -0.130. The first-order valence-corrected chi connectivity index (χ1v) is 8.30. The zero-order valence-electron chi connectivity index (χ0n) is 12.3. The number of hydrogen-bond acceptors (Lipinski definition) is 3. The van der Waals surface area contributed by atoms with E-state index in [2.05, 4.69) is 35.8 Å². The molecule has 3 rings (SSSR count). The Hall–Kier alpha value is -1.81. The van der Waals surface area contributed by atoms with E-state index in [-0.39, 0.29) is 5.91 Å². The van der Waals surface area contributed by atoms with Crippen LogP contribution in [0.1, 0.15) is 22.9 Å². The molecule has 0 radical (unpaired) electrons. The van der Waals surface area contributed by atoms with Crippen molar-refractivity contribution in [1.82, 2.24) is 4.90 Å². The molecule has 0 bridgehead atoms. The van der Waals surface area contributed by atoms with Gasteiger partial charge in [0.25, 0.3) is 0 Å². The molecule has 1 amide bonds. The molecule has 1 aliphatic heterocycles. The van der Waals surface area contributed by atoms with Gasteiger partial charge in [-0.05, 0) is 47.5 Å². The fraction of sp³-hybridized carbons (Fsp3) is 0.353. The number of benzene rings is 1. The van der Waals surface area contributed by atoms with Gasteiger partial charge in [-0.3, -0.25) is 4.79 Å². The molecule has 2 heterocycles. The molecular formula is C17H20N2OS. The molecule has 0 spiro atoms. The molecule has 4 heteroatoms. The Labute approximate surface area is 129 Å². The van der Waals surface area contributed by atoms with E-state index in [0.29, 0.717) is 6.54 Å². The van der Waals surface area contributed by atoms with Crippen molar-refractivity contribution in [1.29, 1.82) is 0 Å². The molecule has 1 N–H and O–H groups in total. The van der Waals surface area contributed by atoms with Crippen molar-refractivity contribution in [2.24, 2.45) is 0 Å². The molecule has 0 atom stereocenters. The van der Waals surface area contributed by atoms with Crippen molar-refractivity contribution in [2.45, 2.75) is 26.3 Å². The van der Waals surface area contributed by atoms with Crippen LogP contribution in [0.2, 0.25) is 0 Å². The maximum Gasteiger partial charge on any atom is 0.242 e. The molecule has 0 aliphatic carbocycles. The SMILES string of the molecule is CCc1ccc(NCC(=O)N2CCc3sccc3C2)cc1. The van der Waals surface area contributed by atoms with Gasteiger partial charge in [0.1, 0.15) is 0 Å². The van der Waals surface area contributed by atoms with Crippen LogP contribution in [0.3, 0.4) is 0 Å². The molecule has 1 aromatic carbocycles. The summed E-state index contributed by atoms with van der Waals surface area (Å²) >= 11 is 1.80. The van der Waals surface area contributed by atoms with Gasteiger partial charge in [-0.25, -0.2) is 0 Å². The quantitative estimate of drug-likeness (QED) is 0.939. The third-order valence-electron chi connectivity index (χ3n) is 3.97. The van der Waals surface area contributed by atoms with Crippen molar-refractivity contribution >= 4 is 22.9 Å². The van der Waals surface area contributed by atoms with Gasteiger partial charge in [-0.2, -0.15) is 0 Å². The molecule has 3 nitrogen and oxygen atoms in total. The van der Waals surface area contributed by atoms with Gasteiger partial charge in [-0.15, -0.1) is 11.3 Å². The summed E-state index contributed by atoms with van der Waals surface area (Å²) in [5, 5.41) is 5.34. The standard InChI is InChI=1S/C17H20N2OS/c1-2-13-3-5-15(6-4-13)18-11-17(20)19-9-7-16-14(12-19)8-10-21-16/h3-6,8,10,18H,2,7,9,11-12H2,1H3. The Kier molecular flexibility index (Phi) is 4.25. The van der Waals surface area contributed by atoms with E-state index in [4.69, 9.17) is 0 Å². The second-order valence-electron chi connectivity index (χ2n) is 5.34. The minimum absolute atomic E-state index is 0.173. The largest absolute Gasteiger partial charge is 0.376 e. The van der Waals surface area contributed by atoms with Crippen LogP contribution in [-0.2, 0) is 24.2 Å². The van der Waals surface area contributed by atoms with E-state index in [9.17, 15) is 4.79 Å². The number of rotatable bonds is 4. The normalized spacial score (nSPS) is 13.9. The maximum absolute atomic E-state index is 12.3. The van der Waals surface area contributed by atoms with Gasteiger partial charge in [-0.1, -0.05) is 19.1 Å². The molecule has 21 heavy (non-hydrogen) atoms.